The Morgan fingerprint density at radius 2 is 1.44 bits per heavy atom. The predicted molar refractivity (Wildman–Crippen MR) is 112 cm³/mol. The second kappa shape index (κ2) is 9.03. The smallest absolute Gasteiger partial charge is 0.231 e. The Bertz CT molecular complexity index is 829. The van der Waals surface area contributed by atoms with Gasteiger partial charge in [0.2, 0.25) is 13.6 Å². The number of nitrogens with one attached hydrogen (secondary N) is 2. The molecule has 7 nitrogen and oxygen atoms in total. The molecular formula is C19H22IN3O4. The largest absolute Gasteiger partial charge is 0.454 e. The summed E-state index contributed by atoms with van der Waals surface area (Å²) in [6.07, 6.45) is 0.862. The fourth-order valence-corrected chi connectivity index (χ4v) is 2.88. The van der Waals surface area contributed by atoms with E-state index in [0.29, 0.717) is 13.3 Å². The number of hydrogen-bond acceptors (Lipinski definition) is 5. The van der Waals surface area contributed by atoms with Crippen LogP contribution in [0.25, 0.3) is 0 Å². The van der Waals surface area contributed by atoms with Gasteiger partial charge in [-0.1, -0.05) is 12.1 Å². The average molecular weight is 483 g/mol. The van der Waals surface area contributed by atoms with Gasteiger partial charge in [0.25, 0.3) is 0 Å². The summed E-state index contributed by atoms with van der Waals surface area (Å²) in [5.74, 6) is 3.95. The van der Waals surface area contributed by atoms with E-state index in [1.807, 2.05) is 30.3 Å². The molecular weight excluding hydrogens is 461 g/mol. The highest BCUT2D eigenvalue weighted by atomic mass is 127. The van der Waals surface area contributed by atoms with Gasteiger partial charge in [-0.3, -0.25) is 4.99 Å². The van der Waals surface area contributed by atoms with E-state index in [-0.39, 0.29) is 30.8 Å². The summed E-state index contributed by atoms with van der Waals surface area (Å²) in [4.78, 5) is 4.26. The maximum absolute atomic E-state index is 5.41. The molecule has 2 aromatic rings. The van der Waals surface area contributed by atoms with Crippen molar-refractivity contribution in [3.8, 4) is 23.0 Å². The maximum atomic E-state index is 5.41. The van der Waals surface area contributed by atoms with Gasteiger partial charge in [0, 0.05) is 20.1 Å². The molecule has 0 radical (unpaired) electrons. The van der Waals surface area contributed by atoms with E-state index < -0.39 is 0 Å². The first kappa shape index (κ1) is 19.4. The molecule has 2 aromatic carbocycles. The van der Waals surface area contributed by atoms with Crippen molar-refractivity contribution in [2.45, 2.75) is 13.0 Å². The summed E-state index contributed by atoms with van der Waals surface area (Å²) in [7, 11) is 1.76. The molecule has 2 aliphatic rings. The molecule has 0 saturated carbocycles. The van der Waals surface area contributed by atoms with E-state index in [2.05, 4.69) is 21.7 Å². The van der Waals surface area contributed by atoms with Gasteiger partial charge in [-0.15, -0.1) is 24.0 Å². The molecule has 0 aliphatic carbocycles. The van der Waals surface area contributed by atoms with Gasteiger partial charge >= 0.3 is 0 Å². The van der Waals surface area contributed by atoms with Crippen molar-refractivity contribution in [2.24, 2.45) is 4.99 Å². The number of fused-ring (bicyclic) bond motifs is 2. The molecule has 2 N–H and O–H groups in total. The van der Waals surface area contributed by atoms with E-state index >= 15 is 0 Å². The number of rotatable bonds is 5. The van der Waals surface area contributed by atoms with Crippen molar-refractivity contribution in [1.29, 1.82) is 0 Å². The molecule has 0 amide bonds. The van der Waals surface area contributed by atoms with Crippen LogP contribution >= 0.6 is 24.0 Å². The lowest BCUT2D eigenvalue weighted by atomic mass is 10.1. The van der Waals surface area contributed by atoms with E-state index in [1.165, 1.54) is 5.56 Å². The molecule has 0 fully saturated rings. The Kier molecular flexibility index (Phi) is 6.49. The Labute approximate surface area is 175 Å². The standard InChI is InChI=1S/C19H21N3O4.HI/c1-20-19(22-10-14-3-5-16-18(9-14)26-12-24-16)21-7-6-13-2-4-15-17(8-13)25-11-23-15;/h2-5,8-9H,6-7,10-12H2,1H3,(H2,20,21,22);1H. The van der Waals surface area contributed by atoms with Crippen LogP contribution in [-0.4, -0.2) is 33.1 Å². The summed E-state index contributed by atoms with van der Waals surface area (Å²) in [5.41, 5.74) is 2.29. The molecule has 144 valence electrons. The van der Waals surface area contributed by atoms with Crippen molar-refractivity contribution < 1.29 is 18.9 Å². The average Bonchev–Trinajstić information content (AvgIpc) is 3.32. The van der Waals surface area contributed by atoms with Crippen molar-refractivity contribution in [1.82, 2.24) is 10.6 Å². The van der Waals surface area contributed by atoms with Gasteiger partial charge in [-0.2, -0.15) is 0 Å². The quantitative estimate of drug-likeness (QED) is 0.387. The van der Waals surface area contributed by atoms with Crippen LogP contribution in [0, 0.1) is 0 Å². The Hall–Kier alpha value is -2.36. The van der Waals surface area contributed by atoms with Crippen LogP contribution in [0.2, 0.25) is 0 Å². The SMILES string of the molecule is CN=C(NCCc1ccc2c(c1)OCO2)NCc1ccc2c(c1)OCO2.I. The first-order chi connectivity index (χ1) is 12.8. The summed E-state index contributed by atoms with van der Waals surface area (Å²) in [5, 5.41) is 6.62. The third-order valence-electron chi connectivity index (χ3n) is 4.26. The zero-order valence-corrected chi connectivity index (χ0v) is 17.3. The van der Waals surface area contributed by atoms with Gasteiger partial charge < -0.3 is 29.6 Å². The molecule has 0 aromatic heterocycles. The lowest BCUT2D eigenvalue weighted by Gasteiger charge is -2.12. The molecule has 0 spiro atoms. The van der Waals surface area contributed by atoms with Crippen LogP contribution in [0.4, 0.5) is 0 Å². The van der Waals surface area contributed by atoms with Crippen LogP contribution in [0.1, 0.15) is 11.1 Å². The van der Waals surface area contributed by atoms with Gasteiger partial charge in [0.1, 0.15) is 0 Å². The number of hydrogen-bond donors (Lipinski definition) is 2. The lowest BCUT2D eigenvalue weighted by molar-refractivity contribution is 0.173. The number of aliphatic imine (C=N–C) groups is 1. The van der Waals surface area contributed by atoms with Gasteiger partial charge in [0.05, 0.1) is 0 Å². The molecule has 8 heteroatoms. The minimum absolute atomic E-state index is 0. The second-order valence-electron chi connectivity index (χ2n) is 5.98. The summed E-state index contributed by atoms with van der Waals surface area (Å²) < 4.78 is 21.5. The second-order valence-corrected chi connectivity index (χ2v) is 5.98. The molecule has 4 rings (SSSR count). The predicted octanol–water partition coefficient (Wildman–Crippen LogP) is 2.67. The minimum atomic E-state index is 0. The third kappa shape index (κ3) is 4.68. The Balaban J connectivity index is 0.00000210. The number of ether oxygens (including phenoxy) is 4. The van der Waals surface area contributed by atoms with Crippen molar-refractivity contribution >= 4 is 29.9 Å². The van der Waals surface area contributed by atoms with E-state index in [4.69, 9.17) is 18.9 Å². The highest BCUT2D eigenvalue weighted by Gasteiger charge is 2.14. The highest BCUT2D eigenvalue weighted by Crippen LogP contribution is 2.33. The van der Waals surface area contributed by atoms with Gasteiger partial charge in [-0.25, -0.2) is 0 Å². The number of benzene rings is 2. The normalized spacial score (nSPS) is 13.9. The molecule has 27 heavy (non-hydrogen) atoms. The van der Waals surface area contributed by atoms with Gasteiger partial charge in [0.15, 0.2) is 29.0 Å². The summed E-state index contributed by atoms with van der Waals surface area (Å²) >= 11 is 0. The fourth-order valence-electron chi connectivity index (χ4n) is 2.88. The van der Waals surface area contributed by atoms with Gasteiger partial charge in [-0.05, 0) is 41.8 Å². The van der Waals surface area contributed by atoms with E-state index in [0.717, 1.165) is 47.5 Å². The van der Waals surface area contributed by atoms with Crippen molar-refractivity contribution in [3.63, 3.8) is 0 Å². The third-order valence-corrected chi connectivity index (χ3v) is 4.26. The minimum Gasteiger partial charge on any atom is -0.454 e. The number of guanidine groups is 1. The van der Waals surface area contributed by atoms with Crippen LogP contribution in [-0.2, 0) is 13.0 Å². The summed E-state index contributed by atoms with van der Waals surface area (Å²) in [6, 6.07) is 11.9. The Morgan fingerprint density at radius 3 is 2.11 bits per heavy atom. The lowest BCUT2D eigenvalue weighted by Crippen LogP contribution is -2.37. The first-order valence-corrected chi connectivity index (χ1v) is 8.53. The molecule has 2 heterocycles. The van der Waals surface area contributed by atoms with Crippen molar-refractivity contribution in [3.05, 3.63) is 47.5 Å². The van der Waals surface area contributed by atoms with Crippen LogP contribution < -0.4 is 29.6 Å². The fraction of sp³-hybridized carbons (Fsp3) is 0.316. The van der Waals surface area contributed by atoms with E-state index in [1.54, 1.807) is 7.05 Å². The monoisotopic (exact) mass is 483 g/mol. The highest BCUT2D eigenvalue weighted by molar-refractivity contribution is 14.0. The number of nitrogens with zero attached hydrogens (tertiary/aromatic N) is 1. The zero-order chi connectivity index (χ0) is 17.8. The first-order valence-electron chi connectivity index (χ1n) is 8.53. The number of halogens is 1. The molecule has 2 aliphatic heterocycles. The van der Waals surface area contributed by atoms with Crippen LogP contribution in [0.5, 0.6) is 23.0 Å². The Morgan fingerprint density at radius 1 is 0.852 bits per heavy atom. The molecule has 0 unspecified atom stereocenters. The van der Waals surface area contributed by atoms with E-state index in [9.17, 15) is 0 Å². The maximum Gasteiger partial charge on any atom is 0.231 e. The van der Waals surface area contributed by atoms with Crippen molar-refractivity contribution in [2.75, 3.05) is 27.2 Å². The van der Waals surface area contributed by atoms with Crippen LogP contribution in [0.3, 0.4) is 0 Å². The topological polar surface area (TPSA) is 73.3 Å². The summed E-state index contributed by atoms with van der Waals surface area (Å²) in [6.45, 7) is 2.00. The van der Waals surface area contributed by atoms with Crippen LogP contribution in [0.15, 0.2) is 41.4 Å². The molecule has 0 atom stereocenters. The molecule has 0 saturated heterocycles. The molecule has 0 bridgehead atoms. The zero-order valence-electron chi connectivity index (χ0n) is 15.0.